The van der Waals surface area contributed by atoms with Crippen molar-refractivity contribution in [3.63, 3.8) is 0 Å². The monoisotopic (exact) mass is 310 g/mol. The molecule has 23 heavy (non-hydrogen) atoms. The van der Waals surface area contributed by atoms with Crippen LogP contribution < -0.4 is 15.0 Å². The van der Waals surface area contributed by atoms with Crippen molar-refractivity contribution in [3.05, 3.63) is 67.3 Å². The van der Waals surface area contributed by atoms with Crippen LogP contribution in [0.2, 0.25) is 0 Å². The van der Waals surface area contributed by atoms with Crippen LogP contribution in [-0.4, -0.2) is 25.6 Å². The molecule has 0 heterocycles. The van der Waals surface area contributed by atoms with Crippen LogP contribution in [-0.2, 0) is 4.79 Å². The van der Waals surface area contributed by atoms with Gasteiger partial charge < -0.3 is 15.0 Å². The highest BCUT2D eigenvalue weighted by Crippen LogP contribution is 2.18. The summed E-state index contributed by atoms with van der Waals surface area (Å²) in [5.41, 5.74) is 1.76. The smallest absolute Gasteiger partial charge is 0.243 e. The SMILES string of the molecule is C=CCOc1cccc(NC(=O)CN(CC)c2ccccc2)c1. The molecule has 0 unspecified atom stereocenters. The molecular weight excluding hydrogens is 288 g/mol. The first-order valence-corrected chi connectivity index (χ1v) is 7.66. The number of nitrogens with zero attached hydrogens (tertiary/aromatic N) is 1. The largest absolute Gasteiger partial charge is 0.489 e. The second kappa shape index (κ2) is 8.63. The quantitative estimate of drug-likeness (QED) is 0.756. The van der Waals surface area contributed by atoms with E-state index in [-0.39, 0.29) is 5.91 Å². The van der Waals surface area contributed by atoms with Crippen molar-refractivity contribution in [1.82, 2.24) is 0 Å². The molecule has 4 nitrogen and oxygen atoms in total. The van der Waals surface area contributed by atoms with Crippen LogP contribution in [0.15, 0.2) is 67.3 Å². The lowest BCUT2D eigenvalue weighted by atomic mass is 10.2. The zero-order valence-corrected chi connectivity index (χ0v) is 13.4. The van der Waals surface area contributed by atoms with Crippen LogP contribution in [0.3, 0.4) is 0 Å². The number of likely N-dealkylation sites (N-methyl/N-ethyl adjacent to an activating group) is 1. The normalized spacial score (nSPS) is 9.96. The summed E-state index contributed by atoms with van der Waals surface area (Å²) in [6.45, 7) is 7.16. The van der Waals surface area contributed by atoms with Crippen LogP contribution >= 0.6 is 0 Å². The minimum Gasteiger partial charge on any atom is -0.489 e. The van der Waals surface area contributed by atoms with Gasteiger partial charge in [0.05, 0.1) is 6.54 Å². The first kappa shape index (κ1) is 16.6. The Bertz CT molecular complexity index is 641. The van der Waals surface area contributed by atoms with E-state index in [2.05, 4.69) is 11.9 Å². The molecule has 1 amide bonds. The standard InChI is InChI=1S/C19H22N2O2/c1-3-13-23-18-12-8-9-16(14-18)20-19(22)15-21(4-2)17-10-6-5-7-11-17/h3,5-12,14H,1,4,13,15H2,2H3,(H,20,22). The molecule has 0 aromatic heterocycles. The fourth-order valence-electron chi connectivity index (χ4n) is 2.22. The van der Waals surface area contributed by atoms with Crippen molar-refractivity contribution >= 4 is 17.3 Å². The van der Waals surface area contributed by atoms with E-state index in [0.717, 1.165) is 17.9 Å². The van der Waals surface area contributed by atoms with Crippen molar-refractivity contribution in [2.75, 3.05) is 29.9 Å². The van der Waals surface area contributed by atoms with Crippen molar-refractivity contribution < 1.29 is 9.53 Å². The van der Waals surface area contributed by atoms with Gasteiger partial charge in [-0.25, -0.2) is 0 Å². The lowest BCUT2D eigenvalue weighted by molar-refractivity contribution is -0.115. The number of carbonyl (C=O) groups is 1. The average molecular weight is 310 g/mol. The number of para-hydroxylation sites is 1. The van der Waals surface area contributed by atoms with Crippen molar-refractivity contribution in [2.24, 2.45) is 0 Å². The van der Waals surface area contributed by atoms with Crippen LogP contribution in [0.5, 0.6) is 5.75 Å². The Balaban J connectivity index is 1.97. The molecule has 2 aromatic carbocycles. The zero-order valence-electron chi connectivity index (χ0n) is 13.4. The summed E-state index contributed by atoms with van der Waals surface area (Å²) >= 11 is 0. The lowest BCUT2D eigenvalue weighted by Crippen LogP contribution is -2.33. The Morgan fingerprint density at radius 1 is 1.22 bits per heavy atom. The van der Waals surface area contributed by atoms with Gasteiger partial charge in [0, 0.05) is 24.0 Å². The third-order valence-electron chi connectivity index (χ3n) is 3.32. The lowest BCUT2D eigenvalue weighted by Gasteiger charge is -2.22. The molecule has 0 radical (unpaired) electrons. The number of benzene rings is 2. The Morgan fingerprint density at radius 3 is 2.70 bits per heavy atom. The molecule has 0 saturated carbocycles. The topological polar surface area (TPSA) is 41.6 Å². The summed E-state index contributed by atoms with van der Waals surface area (Å²) in [6, 6.07) is 17.3. The molecule has 1 N–H and O–H groups in total. The molecule has 0 aliphatic heterocycles. The van der Waals surface area contributed by atoms with E-state index in [9.17, 15) is 4.79 Å². The maximum absolute atomic E-state index is 12.3. The third kappa shape index (κ3) is 5.18. The zero-order chi connectivity index (χ0) is 16.5. The molecule has 0 fully saturated rings. The van der Waals surface area contributed by atoms with Crippen molar-refractivity contribution in [2.45, 2.75) is 6.92 Å². The summed E-state index contributed by atoms with van der Waals surface area (Å²) < 4.78 is 5.47. The summed E-state index contributed by atoms with van der Waals surface area (Å²) in [6.07, 6.45) is 1.68. The van der Waals surface area contributed by atoms with Gasteiger partial charge in [-0.1, -0.05) is 36.9 Å². The van der Waals surface area contributed by atoms with Gasteiger partial charge in [-0.05, 0) is 31.2 Å². The summed E-state index contributed by atoms with van der Waals surface area (Å²) in [5, 5.41) is 2.91. The van der Waals surface area contributed by atoms with Gasteiger partial charge >= 0.3 is 0 Å². The number of anilines is 2. The van der Waals surface area contributed by atoms with Gasteiger partial charge in [0.25, 0.3) is 0 Å². The highest BCUT2D eigenvalue weighted by molar-refractivity contribution is 5.94. The van der Waals surface area contributed by atoms with Gasteiger partial charge in [-0.15, -0.1) is 0 Å². The Hall–Kier alpha value is -2.75. The number of carbonyl (C=O) groups excluding carboxylic acids is 1. The fraction of sp³-hybridized carbons (Fsp3) is 0.211. The molecule has 0 bridgehead atoms. The fourth-order valence-corrected chi connectivity index (χ4v) is 2.22. The second-order valence-corrected chi connectivity index (χ2v) is 5.03. The number of rotatable bonds is 8. The van der Waals surface area contributed by atoms with E-state index in [0.29, 0.717) is 18.9 Å². The molecule has 0 aliphatic rings. The Morgan fingerprint density at radius 2 is 2.00 bits per heavy atom. The number of hydrogen-bond acceptors (Lipinski definition) is 3. The third-order valence-corrected chi connectivity index (χ3v) is 3.32. The van der Waals surface area contributed by atoms with Crippen LogP contribution in [0.4, 0.5) is 11.4 Å². The van der Waals surface area contributed by atoms with Gasteiger partial charge in [-0.2, -0.15) is 0 Å². The second-order valence-electron chi connectivity index (χ2n) is 5.03. The first-order valence-electron chi connectivity index (χ1n) is 7.66. The van der Waals surface area contributed by atoms with Crippen LogP contribution in [0.1, 0.15) is 6.92 Å². The number of amides is 1. The molecule has 0 saturated heterocycles. The van der Waals surface area contributed by atoms with Crippen LogP contribution in [0, 0.1) is 0 Å². The van der Waals surface area contributed by atoms with E-state index < -0.39 is 0 Å². The molecule has 0 spiro atoms. The summed E-state index contributed by atoms with van der Waals surface area (Å²) in [4.78, 5) is 14.3. The van der Waals surface area contributed by atoms with E-state index >= 15 is 0 Å². The summed E-state index contributed by atoms with van der Waals surface area (Å²) in [5.74, 6) is 0.648. The molecular formula is C19H22N2O2. The van der Waals surface area contributed by atoms with Crippen molar-refractivity contribution in [1.29, 1.82) is 0 Å². The molecule has 120 valence electrons. The maximum Gasteiger partial charge on any atom is 0.243 e. The molecule has 2 aromatic rings. The van der Waals surface area contributed by atoms with Gasteiger partial charge in [0.2, 0.25) is 5.91 Å². The highest BCUT2D eigenvalue weighted by Gasteiger charge is 2.10. The maximum atomic E-state index is 12.3. The highest BCUT2D eigenvalue weighted by atomic mass is 16.5. The van der Waals surface area contributed by atoms with E-state index in [1.807, 2.05) is 60.4 Å². The van der Waals surface area contributed by atoms with Gasteiger partial charge in [0.1, 0.15) is 12.4 Å². The van der Waals surface area contributed by atoms with Gasteiger partial charge in [0.15, 0.2) is 0 Å². The first-order chi connectivity index (χ1) is 11.2. The number of ether oxygens (including phenoxy) is 1. The van der Waals surface area contributed by atoms with E-state index in [1.165, 1.54) is 0 Å². The predicted molar refractivity (Wildman–Crippen MR) is 95.1 cm³/mol. The number of hydrogen-bond donors (Lipinski definition) is 1. The molecule has 0 atom stereocenters. The number of nitrogens with one attached hydrogen (secondary N) is 1. The Kier molecular flexibility index (Phi) is 6.24. The molecule has 0 aliphatic carbocycles. The van der Waals surface area contributed by atoms with Gasteiger partial charge in [-0.3, -0.25) is 4.79 Å². The summed E-state index contributed by atoms with van der Waals surface area (Å²) in [7, 11) is 0. The van der Waals surface area contributed by atoms with Crippen molar-refractivity contribution in [3.8, 4) is 5.75 Å². The van der Waals surface area contributed by atoms with E-state index in [1.54, 1.807) is 12.1 Å². The molecule has 2 rings (SSSR count). The Labute approximate surface area is 137 Å². The average Bonchev–Trinajstić information content (AvgIpc) is 2.59. The minimum atomic E-state index is -0.0587. The molecule has 4 heteroatoms. The van der Waals surface area contributed by atoms with Crippen LogP contribution in [0.25, 0.3) is 0 Å². The van der Waals surface area contributed by atoms with E-state index in [4.69, 9.17) is 4.74 Å². The predicted octanol–water partition coefficient (Wildman–Crippen LogP) is 3.72. The minimum absolute atomic E-state index is 0.0587.